The molecule has 1 aromatic rings. The van der Waals surface area contributed by atoms with Crippen molar-refractivity contribution >= 4 is 35.4 Å². The summed E-state index contributed by atoms with van der Waals surface area (Å²) in [5.41, 5.74) is 0.235. The summed E-state index contributed by atoms with van der Waals surface area (Å²) < 4.78 is 10.1. The number of ether oxygens (including phenoxy) is 2. The Morgan fingerprint density at radius 1 is 1.35 bits per heavy atom. The van der Waals surface area contributed by atoms with Crippen LogP contribution in [0.25, 0.3) is 0 Å². The molecule has 8 nitrogen and oxygen atoms in total. The van der Waals surface area contributed by atoms with Crippen LogP contribution in [0.3, 0.4) is 0 Å². The molecule has 0 unspecified atom stereocenters. The molecule has 1 N–H and O–H groups in total. The third-order valence-electron chi connectivity index (χ3n) is 2.50. The van der Waals surface area contributed by atoms with Crippen molar-refractivity contribution in [1.82, 2.24) is 15.2 Å². The molecule has 1 fully saturated rings. The van der Waals surface area contributed by atoms with Crippen molar-refractivity contribution in [3.63, 3.8) is 0 Å². The van der Waals surface area contributed by atoms with Gasteiger partial charge in [-0.1, -0.05) is 11.8 Å². The number of aliphatic imine (C=N–C) groups is 1. The third-order valence-corrected chi connectivity index (χ3v) is 3.05. The predicted molar refractivity (Wildman–Crippen MR) is 70.7 cm³/mol. The molecule has 2 rings (SSSR count). The van der Waals surface area contributed by atoms with Gasteiger partial charge in [0.05, 0.1) is 0 Å². The van der Waals surface area contributed by atoms with Crippen LogP contribution in [0, 0.1) is 5.92 Å². The molecule has 0 bridgehead atoms. The summed E-state index contributed by atoms with van der Waals surface area (Å²) in [5, 5.41) is 7.00. The average Bonchev–Trinajstić information content (AvgIpc) is 2.73. The number of hydrogen-bond donors (Lipinski definition) is 1. The van der Waals surface area contributed by atoms with E-state index in [0.29, 0.717) is 5.16 Å². The van der Waals surface area contributed by atoms with Crippen molar-refractivity contribution in [2.75, 3.05) is 6.26 Å². The second-order valence-electron chi connectivity index (χ2n) is 4.57. The average molecular weight is 298 g/mol. The summed E-state index contributed by atoms with van der Waals surface area (Å²) in [4.78, 5) is 31.8. The van der Waals surface area contributed by atoms with Gasteiger partial charge < -0.3 is 9.47 Å². The Morgan fingerprint density at radius 3 is 2.45 bits per heavy atom. The van der Waals surface area contributed by atoms with Crippen LogP contribution in [0.2, 0.25) is 0 Å². The van der Waals surface area contributed by atoms with E-state index in [1.165, 1.54) is 32.5 Å². The van der Waals surface area contributed by atoms with Crippen LogP contribution in [-0.4, -0.2) is 44.9 Å². The van der Waals surface area contributed by atoms with Gasteiger partial charge in [-0.15, -0.1) is 5.10 Å². The van der Waals surface area contributed by atoms with E-state index in [-0.39, 0.29) is 11.7 Å². The van der Waals surface area contributed by atoms with Crippen molar-refractivity contribution in [2.24, 2.45) is 10.9 Å². The second-order valence-corrected chi connectivity index (χ2v) is 5.35. The number of hydrogen-bond acceptors (Lipinski definition) is 8. The molecular weight excluding hydrogens is 284 g/mol. The zero-order valence-corrected chi connectivity index (χ0v) is 12.3. The molecule has 0 amide bonds. The highest BCUT2D eigenvalue weighted by Crippen LogP contribution is 2.24. The van der Waals surface area contributed by atoms with Crippen molar-refractivity contribution < 1.29 is 19.1 Å². The van der Waals surface area contributed by atoms with Crippen LogP contribution < -0.4 is 0 Å². The Balaban J connectivity index is 2.22. The van der Waals surface area contributed by atoms with Gasteiger partial charge in [-0.3, -0.25) is 9.59 Å². The van der Waals surface area contributed by atoms with Crippen LogP contribution in [0.15, 0.2) is 10.1 Å². The van der Waals surface area contributed by atoms with Crippen LogP contribution >= 0.6 is 11.8 Å². The molecule has 1 saturated heterocycles. The maximum absolute atomic E-state index is 11.9. The zero-order chi connectivity index (χ0) is 14.9. The van der Waals surface area contributed by atoms with E-state index >= 15 is 0 Å². The van der Waals surface area contributed by atoms with E-state index in [9.17, 15) is 9.59 Å². The maximum atomic E-state index is 11.9. The minimum absolute atomic E-state index is 0.220. The number of esters is 2. The largest absolute Gasteiger partial charge is 0.422 e. The van der Waals surface area contributed by atoms with E-state index < -0.39 is 23.6 Å². The molecule has 2 heterocycles. The first-order valence-electron chi connectivity index (χ1n) is 5.79. The number of nitrogens with one attached hydrogen (secondary N) is 1. The van der Waals surface area contributed by atoms with Crippen molar-refractivity contribution in [2.45, 2.75) is 31.7 Å². The molecule has 0 spiro atoms. The molecule has 1 aliphatic heterocycles. The second kappa shape index (κ2) is 5.23. The van der Waals surface area contributed by atoms with Crippen LogP contribution in [0.4, 0.5) is 5.95 Å². The van der Waals surface area contributed by atoms with Gasteiger partial charge >= 0.3 is 11.9 Å². The Labute approximate surface area is 119 Å². The molecule has 0 aliphatic carbocycles. The molecule has 0 atom stereocenters. The fraction of sp³-hybridized carbons (Fsp3) is 0.545. The molecule has 9 heteroatoms. The number of cyclic esters (lactones) is 2. The highest BCUT2D eigenvalue weighted by atomic mass is 32.2. The first-order chi connectivity index (χ1) is 9.32. The molecule has 0 aromatic carbocycles. The fourth-order valence-corrected chi connectivity index (χ4v) is 1.99. The molecule has 1 aliphatic rings. The monoisotopic (exact) mass is 298 g/mol. The van der Waals surface area contributed by atoms with E-state index in [1.54, 1.807) is 0 Å². The van der Waals surface area contributed by atoms with Gasteiger partial charge in [0.15, 0.2) is 5.92 Å². The van der Waals surface area contributed by atoms with E-state index in [4.69, 9.17) is 9.47 Å². The fourth-order valence-electron chi connectivity index (χ4n) is 1.67. The van der Waals surface area contributed by atoms with Gasteiger partial charge in [-0.25, -0.2) is 10.1 Å². The lowest BCUT2D eigenvalue weighted by molar-refractivity contribution is -0.235. The van der Waals surface area contributed by atoms with Gasteiger partial charge in [0, 0.05) is 19.6 Å². The van der Waals surface area contributed by atoms with E-state index in [1.807, 2.05) is 6.26 Å². The summed E-state index contributed by atoms with van der Waals surface area (Å²) in [7, 11) is 0. The summed E-state index contributed by atoms with van der Waals surface area (Å²) in [6.07, 6.45) is 1.82. The zero-order valence-electron chi connectivity index (χ0n) is 11.5. The first-order valence-corrected chi connectivity index (χ1v) is 7.02. The summed E-state index contributed by atoms with van der Waals surface area (Å²) in [5.74, 6) is -3.57. The molecule has 0 radical (unpaired) electrons. The maximum Gasteiger partial charge on any atom is 0.329 e. The normalized spacial score (nSPS) is 19.7. The lowest BCUT2D eigenvalue weighted by Crippen LogP contribution is -2.48. The number of H-pyrrole nitrogens is 1. The number of carbonyl (C=O) groups is 2. The van der Waals surface area contributed by atoms with Crippen molar-refractivity contribution in [3.05, 3.63) is 0 Å². The molecule has 108 valence electrons. The molecule has 0 saturated carbocycles. The van der Waals surface area contributed by atoms with E-state index in [2.05, 4.69) is 20.2 Å². The van der Waals surface area contributed by atoms with Gasteiger partial charge in [0.25, 0.3) is 5.79 Å². The first kappa shape index (κ1) is 14.5. The molecule has 20 heavy (non-hydrogen) atoms. The number of nitrogens with zero attached hydrogens (tertiary/aromatic N) is 3. The van der Waals surface area contributed by atoms with Crippen LogP contribution in [0.1, 0.15) is 20.8 Å². The number of rotatable bonds is 3. The summed E-state index contributed by atoms with van der Waals surface area (Å²) >= 11 is 1.35. The highest BCUT2D eigenvalue weighted by Gasteiger charge is 2.44. The number of thioether (sulfide) groups is 1. The quantitative estimate of drug-likeness (QED) is 0.385. The Bertz CT molecular complexity index is 561. The van der Waals surface area contributed by atoms with Crippen molar-refractivity contribution in [1.29, 1.82) is 0 Å². The standard InChI is InChI=1S/C11H14N4O4S/c1-5(12-9-13-10(20-4)15-14-9)6-7(16)18-11(2,3)19-8(6)17/h6H,1-4H3,(H,13,14,15). The SMILES string of the molecule is CSc1n[nH]c(N=C(C)C2C(=O)OC(C)(C)OC2=O)n1. The lowest BCUT2D eigenvalue weighted by atomic mass is 10.0. The Kier molecular flexibility index (Phi) is 3.80. The smallest absolute Gasteiger partial charge is 0.329 e. The minimum atomic E-state index is -1.25. The highest BCUT2D eigenvalue weighted by molar-refractivity contribution is 7.98. The third kappa shape index (κ3) is 2.98. The predicted octanol–water partition coefficient (Wildman–Crippen LogP) is 1.07. The molecular formula is C11H14N4O4S. The lowest BCUT2D eigenvalue weighted by Gasteiger charge is -2.32. The van der Waals surface area contributed by atoms with Gasteiger partial charge in [0.1, 0.15) is 0 Å². The minimum Gasteiger partial charge on any atom is -0.422 e. The van der Waals surface area contributed by atoms with Gasteiger partial charge in [0.2, 0.25) is 11.1 Å². The molecule has 1 aromatic heterocycles. The van der Waals surface area contributed by atoms with Gasteiger partial charge in [-0.2, -0.15) is 4.98 Å². The number of carbonyl (C=O) groups excluding carboxylic acids is 2. The Morgan fingerprint density at radius 2 is 1.95 bits per heavy atom. The summed E-state index contributed by atoms with van der Waals surface area (Å²) in [6.45, 7) is 4.52. The van der Waals surface area contributed by atoms with Gasteiger partial charge in [-0.05, 0) is 13.2 Å². The Hall–Kier alpha value is -1.90. The van der Waals surface area contributed by atoms with E-state index in [0.717, 1.165) is 0 Å². The van der Waals surface area contributed by atoms with Crippen LogP contribution in [0.5, 0.6) is 0 Å². The summed E-state index contributed by atoms with van der Waals surface area (Å²) in [6, 6.07) is 0. The number of aromatic amines is 1. The topological polar surface area (TPSA) is 107 Å². The number of aromatic nitrogens is 3. The van der Waals surface area contributed by atoms with Crippen molar-refractivity contribution in [3.8, 4) is 0 Å². The van der Waals surface area contributed by atoms with Crippen LogP contribution in [-0.2, 0) is 19.1 Å².